The van der Waals surface area contributed by atoms with E-state index in [2.05, 4.69) is 28.2 Å². The van der Waals surface area contributed by atoms with Gasteiger partial charge in [-0.3, -0.25) is 9.48 Å². The smallest absolute Gasteiger partial charge is 0.146 e. The fourth-order valence-corrected chi connectivity index (χ4v) is 3.69. The van der Waals surface area contributed by atoms with Gasteiger partial charge in [-0.15, -0.1) is 0 Å². The van der Waals surface area contributed by atoms with Crippen molar-refractivity contribution >= 4 is 5.78 Å². The standard InChI is InChI=1S/C17H27N3O/c1-17(9-5-10-18-13-17)16(21)12-14-8-11-20(19-14)15-6-3-2-4-7-15/h8,11,15,18H,2-7,9-10,12-13H2,1H3. The highest BCUT2D eigenvalue weighted by Crippen LogP contribution is 2.29. The average Bonchev–Trinajstić information content (AvgIpc) is 2.97. The summed E-state index contributed by atoms with van der Waals surface area (Å²) in [5.74, 6) is 0.337. The largest absolute Gasteiger partial charge is 0.316 e. The minimum atomic E-state index is -0.202. The van der Waals surface area contributed by atoms with Crippen LogP contribution in [0.2, 0.25) is 0 Å². The van der Waals surface area contributed by atoms with Crippen LogP contribution in [-0.4, -0.2) is 28.7 Å². The number of ketones is 1. The van der Waals surface area contributed by atoms with E-state index in [1.54, 1.807) is 0 Å². The third kappa shape index (κ3) is 3.37. The number of aromatic nitrogens is 2. The Kier molecular flexibility index (Phi) is 4.43. The predicted molar refractivity (Wildman–Crippen MR) is 83.3 cm³/mol. The first-order valence-electron chi connectivity index (χ1n) is 8.45. The van der Waals surface area contributed by atoms with Crippen molar-refractivity contribution in [3.63, 3.8) is 0 Å². The van der Waals surface area contributed by atoms with Crippen LogP contribution in [0.3, 0.4) is 0 Å². The summed E-state index contributed by atoms with van der Waals surface area (Å²) < 4.78 is 2.10. The fraction of sp³-hybridized carbons (Fsp3) is 0.765. The van der Waals surface area contributed by atoms with Gasteiger partial charge in [0.05, 0.1) is 18.2 Å². The van der Waals surface area contributed by atoms with Gasteiger partial charge in [0, 0.05) is 18.2 Å². The van der Waals surface area contributed by atoms with E-state index in [0.717, 1.165) is 31.6 Å². The highest BCUT2D eigenvalue weighted by Gasteiger charge is 2.34. The average molecular weight is 289 g/mol. The van der Waals surface area contributed by atoms with Crippen molar-refractivity contribution in [3.05, 3.63) is 18.0 Å². The van der Waals surface area contributed by atoms with Crippen LogP contribution in [0.25, 0.3) is 0 Å². The lowest BCUT2D eigenvalue weighted by Gasteiger charge is -2.32. The molecule has 0 radical (unpaired) electrons. The fourth-order valence-electron chi connectivity index (χ4n) is 3.69. The third-order valence-electron chi connectivity index (χ3n) is 5.22. The minimum Gasteiger partial charge on any atom is -0.316 e. The monoisotopic (exact) mass is 289 g/mol. The third-order valence-corrected chi connectivity index (χ3v) is 5.22. The van der Waals surface area contributed by atoms with Gasteiger partial charge in [0.25, 0.3) is 0 Å². The lowest BCUT2D eigenvalue weighted by Crippen LogP contribution is -2.44. The molecule has 1 aromatic rings. The molecule has 1 aliphatic heterocycles. The van der Waals surface area contributed by atoms with Gasteiger partial charge in [-0.2, -0.15) is 5.10 Å². The normalized spacial score (nSPS) is 27.7. The molecule has 2 aliphatic rings. The summed E-state index contributed by atoms with van der Waals surface area (Å²) in [4.78, 5) is 12.6. The molecule has 4 heteroatoms. The minimum absolute atomic E-state index is 0.202. The van der Waals surface area contributed by atoms with Crippen molar-refractivity contribution in [1.29, 1.82) is 0 Å². The second-order valence-electron chi connectivity index (χ2n) is 7.02. The van der Waals surface area contributed by atoms with E-state index in [4.69, 9.17) is 0 Å². The van der Waals surface area contributed by atoms with Crippen LogP contribution in [0.1, 0.15) is 63.6 Å². The Bertz CT molecular complexity index is 482. The molecular formula is C17H27N3O. The SMILES string of the molecule is CC1(C(=O)Cc2ccn(C3CCCCC3)n2)CCCNC1. The van der Waals surface area contributed by atoms with Crippen molar-refractivity contribution in [3.8, 4) is 0 Å². The molecule has 0 bridgehead atoms. The molecule has 1 aromatic heterocycles. The summed E-state index contributed by atoms with van der Waals surface area (Å²) in [6.07, 6.45) is 11.1. The summed E-state index contributed by atoms with van der Waals surface area (Å²) in [6.45, 7) is 3.95. The molecule has 0 aromatic carbocycles. The van der Waals surface area contributed by atoms with E-state index in [1.165, 1.54) is 32.1 Å². The molecule has 1 aliphatic carbocycles. The summed E-state index contributed by atoms with van der Waals surface area (Å²) in [6, 6.07) is 2.58. The summed E-state index contributed by atoms with van der Waals surface area (Å²) in [7, 11) is 0. The van der Waals surface area contributed by atoms with Gasteiger partial charge in [0.1, 0.15) is 5.78 Å². The van der Waals surface area contributed by atoms with E-state index in [0.29, 0.717) is 18.2 Å². The molecule has 2 fully saturated rings. The van der Waals surface area contributed by atoms with Crippen LogP contribution in [0.4, 0.5) is 0 Å². The van der Waals surface area contributed by atoms with Crippen LogP contribution >= 0.6 is 0 Å². The summed E-state index contributed by atoms with van der Waals surface area (Å²) in [5, 5.41) is 8.03. The highest BCUT2D eigenvalue weighted by atomic mass is 16.1. The van der Waals surface area contributed by atoms with Gasteiger partial charge in [-0.05, 0) is 38.3 Å². The van der Waals surface area contributed by atoms with Crippen LogP contribution in [0, 0.1) is 5.41 Å². The Balaban J connectivity index is 1.62. The van der Waals surface area contributed by atoms with Crippen LogP contribution in [-0.2, 0) is 11.2 Å². The molecule has 21 heavy (non-hydrogen) atoms. The number of hydrogen-bond donors (Lipinski definition) is 1. The number of carbonyl (C=O) groups excluding carboxylic acids is 1. The van der Waals surface area contributed by atoms with Crippen LogP contribution in [0.5, 0.6) is 0 Å². The first-order chi connectivity index (χ1) is 10.2. The molecule has 1 N–H and O–H groups in total. The van der Waals surface area contributed by atoms with Gasteiger partial charge in [0.2, 0.25) is 0 Å². The Morgan fingerprint density at radius 3 is 2.90 bits per heavy atom. The maximum atomic E-state index is 12.6. The lowest BCUT2D eigenvalue weighted by atomic mass is 9.77. The molecule has 116 valence electrons. The van der Waals surface area contributed by atoms with Gasteiger partial charge >= 0.3 is 0 Å². The Morgan fingerprint density at radius 2 is 2.19 bits per heavy atom. The van der Waals surface area contributed by atoms with Crippen LogP contribution < -0.4 is 5.32 Å². The van der Waals surface area contributed by atoms with E-state index >= 15 is 0 Å². The van der Waals surface area contributed by atoms with Crippen molar-refractivity contribution in [1.82, 2.24) is 15.1 Å². The molecule has 2 heterocycles. The highest BCUT2D eigenvalue weighted by molar-refractivity contribution is 5.86. The molecule has 1 saturated carbocycles. The number of nitrogens with one attached hydrogen (secondary N) is 1. The second-order valence-corrected chi connectivity index (χ2v) is 7.02. The number of Topliss-reactive ketones (excluding diaryl/α,β-unsaturated/α-hetero) is 1. The van der Waals surface area contributed by atoms with E-state index in [-0.39, 0.29) is 5.41 Å². The first kappa shape index (κ1) is 14.8. The van der Waals surface area contributed by atoms with Gasteiger partial charge < -0.3 is 5.32 Å². The van der Waals surface area contributed by atoms with E-state index < -0.39 is 0 Å². The molecule has 0 amide bonds. The maximum Gasteiger partial charge on any atom is 0.146 e. The zero-order chi connectivity index (χ0) is 14.7. The number of piperidine rings is 1. The van der Waals surface area contributed by atoms with E-state index in [1.807, 2.05) is 6.07 Å². The molecule has 4 nitrogen and oxygen atoms in total. The molecule has 3 rings (SSSR count). The topological polar surface area (TPSA) is 46.9 Å². The lowest BCUT2D eigenvalue weighted by molar-refractivity contribution is -0.128. The Hall–Kier alpha value is -1.16. The number of nitrogens with zero attached hydrogens (tertiary/aromatic N) is 2. The molecule has 1 saturated heterocycles. The Labute approximate surface area is 127 Å². The predicted octanol–water partition coefficient (Wildman–Crippen LogP) is 2.89. The second kappa shape index (κ2) is 6.30. The summed E-state index contributed by atoms with van der Waals surface area (Å²) >= 11 is 0. The number of rotatable bonds is 4. The van der Waals surface area contributed by atoms with Crippen LogP contribution in [0.15, 0.2) is 12.3 Å². The first-order valence-corrected chi connectivity index (χ1v) is 8.45. The maximum absolute atomic E-state index is 12.6. The zero-order valence-corrected chi connectivity index (χ0v) is 13.1. The summed E-state index contributed by atoms with van der Waals surface area (Å²) in [5.41, 5.74) is 0.740. The van der Waals surface area contributed by atoms with Crippen molar-refractivity contribution in [2.75, 3.05) is 13.1 Å². The van der Waals surface area contributed by atoms with Crippen molar-refractivity contribution < 1.29 is 4.79 Å². The molecule has 0 spiro atoms. The molecular weight excluding hydrogens is 262 g/mol. The Morgan fingerprint density at radius 1 is 1.38 bits per heavy atom. The van der Waals surface area contributed by atoms with Gasteiger partial charge in [0.15, 0.2) is 0 Å². The van der Waals surface area contributed by atoms with Crippen molar-refractivity contribution in [2.45, 2.75) is 64.3 Å². The molecule has 1 unspecified atom stereocenters. The van der Waals surface area contributed by atoms with Gasteiger partial charge in [-0.1, -0.05) is 26.2 Å². The van der Waals surface area contributed by atoms with Gasteiger partial charge in [-0.25, -0.2) is 0 Å². The van der Waals surface area contributed by atoms with E-state index in [9.17, 15) is 4.79 Å². The molecule has 1 atom stereocenters. The number of hydrogen-bond acceptors (Lipinski definition) is 3. The quantitative estimate of drug-likeness (QED) is 0.927. The zero-order valence-electron chi connectivity index (χ0n) is 13.1. The number of carbonyl (C=O) groups is 1. The van der Waals surface area contributed by atoms with Crippen molar-refractivity contribution in [2.24, 2.45) is 5.41 Å².